The van der Waals surface area contributed by atoms with Crippen LogP contribution in [0.1, 0.15) is 46.9 Å². The predicted octanol–water partition coefficient (Wildman–Crippen LogP) is 6.53. The van der Waals surface area contributed by atoms with Crippen molar-refractivity contribution in [2.75, 3.05) is 4.90 Å². The van der Waals surface area contributed by atoms with Crippen LogP contribution in [0.5, 0.6) is 5.75 Å². The van der Waals surface area contributed by atoms with Crippen LogP contribution in [-0.4, -0.2) is 11.0 Å². The molecule has 0 fully saturated rings. The Hall–Kier alpha value is -3.59. The van der Waals surface area contributed by atoms with E-state index < -0.39 is 5.41 Å². The third-order valence-corrected chi connectivity index (χ3v) is 6.54. The van der Waals surface area contributed by atoms with Crippen molar-refractivity contribution in [3.63, 3.8) is 0 Å². The van der Waals surface area contributed by atoms with E-state index in [1.54, 1.807) is 6.07 Å². The number of aryl methyl sites for hydroxylation is 1. The van der Waals surface area contributed by atoms with Crippen LogP contribution in [0.3, 0.4) is 0 Å². The average Bonchev–Trinajstić information content (AvgIpc) is 3.01. The van der Waals surface area contributed by atoms with E-state index in [4.69, 9.17) is 0 Å². The molecule has 0 saturated carbocycles. The van der Waals surface area contributed by atoms with Gasteiger partial charge in [-0.2, -0.15) is 0 Å². The van der Waals surface area contributed by atoms with Crippen molar-refractivity contribution in [2.24, 2.45) is 0 Å². The van der Waals surface area contributed by atoms with Crippen molar-refractivity contribution in [3.8, 4) is 5.75 Å². The van der Waals surface area contributed by atoms with Gasteiger partial charge in [-0.15, -0.1) is 0 Å². The molecule has 5 rings (SSSR count). The third-order valence-electron chi connectivity index (χ3n) is 6.54. The molecule has 1 aliphatic rings. The van der Waals surface area contributed by atoms with Gasteiger partial charge >= 0.3 is 0 Å². The minimum absolute atomic E-state index is 0.0599. The number of rotatable bonds is 2. The summed E-state index contributed by atoms with van der Waals surface area (Å²) in [6.07, 6.45) is 0. The molecule has 0 bridgehead atoms. The van der Waals surface area contributed by atoms with Crippen LogP contribution < -0.4 is 4.90 Å². The number of carbonyl (C=O) groups excluding carboxylic acids is 1. The Kier molecular flexibility index (Phi) is 4.37. The maximum Gasteiger partial charge on any atom is 0.258 e. The quantitative estimate of drug-likeness (QED) is 0.410. The van der Waals surface area contributed by atoms with Gasteiger partial charge in [0.1, 0.15) is 5.75 Å². The molecule has 154 valence electrons. The van der Waals surface area contributed by atoms with Gasteiger partial charge in [-0.3, -0.25) is 9.69 Å². The molecular weight excluding hydrogens is 382 g/mol. The number of hydrogen-bond acceptors (Lipinski definition) is 2. The highest BCUT2D eigenvalue weighted by Crippen LogP contribution is 2.55. The first-order valence-corrected chi connectivity index (χ1v) is 10.6. The zero-order chi connectivity index (χ0) is 21.8. The summed E-state index contributed by atoms with van der Waals surface area (Å²) in [6, 6.07) is 27.1. The van der Waals surface area contributed by atoms with Gasteiger partial charge in [-0.1, -0.05) is 80.1 Å². The molecule has 0 spiro atoms. The summed E-state index contributed by atoms with van der Waals surface area (Å²) in [5, 5.41) is 13.1. The largest absolute Gasteiger partial charge is 0.508 e. The second-order valence-electron chi connectivity index (χ2n) is 8.90. The van der Waals surface area contributed by atoms with Crippen LogP contribution in [0.25, 0.3) is 10.8 Å². The number of fused-ring (bicyclic) bond motifs is 2. The molecule has 0 aliphatic carbocycles. The third kappa shape index (κ3) is 2.92. The number of phenolic OH excluding ortho intramolecular Hbond substituents is 1. The number of anilines is 1. The normalized spacial score (nSPS) is 17.0. The molecule has 0 radical (unpaired) electrons. The van der Waals surface area contributed by atoms with Crippen LogP contribution in [0.15, 0.2) is 84.9 Å². The summed E-state index contributed by atoms with van der Waals surface area (Å²) < 4.78 is 0. The van der Waals surface area contributed by atoms with Gasteiger partial charge in [0, 0.05) is 22.2 Å². The van der Waals surface area contributed by atoms with Crippen molar-refractivity contribution in [3.05, 3.63) is 107 Å². The van der Waals surface area contributed by atoms with Crippen LogP contribution in [0, 0.1) is 6.92 Å². The van der Waals surface area contributed by atoms with Gasteiger partial charge in [-0.25, -0.2) is 0 Å². The first-order valence-electron chi connectivity index (χ1n) is 10.6. The fraction of sp³-hybridized carbons (Fsp3) is 0.179. The topological polar surface area (TPSA) is 40.5 Å². The lowest BCUT2D eigenvalue weighted by Gasteiger charge is -2.35. The predicted molar refractivity (Wildman–Crippen MR) is 126 cm³/mol. The molecule has 0 aromatic heterocycles. The highest BCUT2D eigenvalue weighted by molar-refractivity contribution is 6.09. The fourth-order valence-corrected chi connectivity index (χ4v) is 4.96. The molecule has 1 heterocycles. The molecule has 4 aromatic carbocycles. The molecule has 31 heavy (non-hydrogen) atoms. The fourth-order valence-electron chi connectivity index (χ4n) is 4.96. The van der Waals surface area contributed by atoms with E-state index in [1.807, 2.05) is 84.6 Å². The van der Waals surface area contributed by atoms with Crippen molar-refractivity contribution in [2.45, 2.75) is 32.2 Å². The second kappa shape index (κ2) is 6.98. The highest BCUT2D eigenvalue weighted by Gasteiger charge is 2.49. The molecule has 3 nitrogen and oxygen atoms in total. The van der Waals surface area contributed by atoms with Crippen LogP contribution in [-0.2, 0) is 5.41 Å². The van der Waals surface area contributed by atoms with Gasteiger partial charge in [0.05, 0.1) is 6.04 Å². The molecule has 1 amide bonds. The minimum atomic E-state index is -0.390. The van der Waals surface area contributed by atoms with E-state index in [0.29, 0.717) is 5.56 Å². The Morgan fingerprint density at radius 3 is 2.32 bits per heavy atom. The number of phenols is 1. The number of carbonyl (C=O) groups is 1. The number of hydrogen-bond donors (Lipinski definition) is 1. The summed E-state index contributed by atoms with van der Waals surface area (Å²) in [5.74, 6) is 0.154. The number of nitrogens with zero attached hydrogens (tertiary/aromatic N) is 1. The van der Waals surface area contributed by atoms with Crippen molar-refractivity contribution < 1.29 is 9.90 Å². The summed E-state index contributed by atoms with van der Waals surface area (Å²) >= 11 is 0. The lowest BCUT2D eigenvalue weighted by atomic mass is 9.76. The standard InChI is InChI=1S/C28H25NO2/c1-18-12-14-20(15-13-18)27(31)29-23-11-7-6-10-22(23)28(2,3)26(29)25-21-9-5-4-8-19(21)16-17-24(25)30/h4-17,26,30H,1-3H3/t26-/m1/s1. The molecule has 1 N–H and O–H groups in total. The Labute approximate surface area is 182 Å². The van der Waals surface area contributed by atoms with Gasteiger partial charge in [0.15, 0.2) is 0 Å². The number of para-hydroxylation sites is 1. The maximum atomic E-state index is 13.9. The molecule has 4 aromatic rings. The van der Waals surface area contributed by atoms with Gasteiger partial charge in [0.25, 0.3) is 5.91 Å². The van der Waals surface area contributed by atoms with Crippen molar-refractivity contribution in [1.82, 2.24) is 0 Å². The number of amides is 1. The van der Waals surface area contributed by atoms with Crippen molar-refractivity contribution >= 4 is 22.4 Å². The summed E-state index contributed by atoms with van der Waals surface area (Å²) in [5.41, 5.74) is 4.16. The SMILES string of the molecule is Cc1ccc(C(=O)N2c3ccccc3C(C)(C)[C@H]2c2c(O)ccc3ccccc23)cc1. The second-order valence-corrected chi connectivity index (χ2v) is 8.90. The molecular formula is C28H25NO2. The zero-order valence-electron chi connectivity index (χ0n) is 18.0. The monoisotopic (exact) mass is 407 g/mol. The molecule has 3 heteroatoms. The van der Waals surface area contributed by atoms with Crippen LogP contribution in [0.2, 0.25) is 0 Å². The maximum absolute atomic E-state index is 13.9. The Balaban J connectivity index is 1.78. The van der Waals surface area contributed by atoms with Gasteiger partial charge < -0.3 is 5.11 Å². The molecule has 0 unspecified atom stereocenters. The molecule has 0 saturated heterocycles. The summed E-state index contributed by atoms with van der Waals surface area (Å²) in [4.78, 5) is 15.8. The number of benzene rings is 4. The van der Waals surface area contributed by atoms with E-state index in [0.717, 1.165) is 33.2 Å². The lowest BCUT2D eigenvalue weighted by molar-refractivity contribution is 0.0971. The lowest BCUT2D eigenvalue weighted by Crippen LogP contribution is -2.38. The van der Waals surface area contributed by atoms with Gasteiger partial charge in [0.2, 0.25) is 0 Å². The first-order chi connectivity index (χ1) is 14.9. The summed E-state index contributed by atoms with van der Waals surface area (Å²) in [7, 11) is 0. The van der Waals surface area contributed by atoms with E-state index in [1.165, 1.54) is 0 Å². The number of aromatic hydroxyl groups is 1. The van der Waals surface area contributed by atoms with Crippen LogP contribution in [0.4, 0.5) is 5.69 Å². The van der Waals surface area contributed by atoms with Crippen LogP contribution >= 0.6 is 0 Å². The minimum Gasteiger partial charge on any atom is -0.508 e. The highest BCUT2D eigenvalue weighted by atomic mass is 16.3. The van der Waals surface area contributed by atoms with E-state index in [-0.39, 0.29) is 17.7 Å². The van der Waals surface area contributed by atoms with Gasteiger partial charge in [-0.05, 0) is 47.5 Å². The molecule has 1 atom stereocenters. The van der Waals surface area contributed by atoms with E-state index in [2.05, 4.69) is 19.9 Å². The Morgan fingerprint density at radius 2 is 1.55 bits per heavy atom. The van der Waals surface area contributed by atoms with E-state index in [9.17, 15) is 9.90 Å². The average molecular weight is 408 g/mol. The van der Waals surface area contributed by atoms with Crippen molar-refractivity contribution in [1.29, 1.82) is 0 Å². The Morgan fingerprint density at radius 1 is 0.871 bits per heavy atom. The van der Waals surface area contributed by atoms with E-state index >= 15 is 0 Å². The first kappa shape index (κ1) is 19.4. The summed E-state index contributed by atoms with van der Waals surface area (Å²) in [6.45, 7) is 6.32. The smallest absolute Gasteiger partial charge is 0.258 e. The Bertz CT molecular complexity index is 1300. The zero-order valence-corrected chi connectivity index (χ0v) is 18.0. The molecule has 1 aliphatic heterocycles.